The van der Waals surface area contributed by atoms with Crippen molar-refractivity contribution in [3.63, 3.8) is 0 Å². The molecular weight excluding hydrogens is 202 g/mol. The van der Waals surface area contributed by atoms with Crippen molar-refractivity contribution in [2.75, 3.05) is 13.1 Å². The van der Waals surface area contributed by atoms with Crippen LogP contribution in [0, 0.1) is 5.92 Å². The average molecular weight is 225 g/mol. The second kappa shape index (κ2) is 5.46. The van der Waals surface area contributed by atoms with Crippen molar-refractivity contribution in [1.29, 1.82) is 0 Å². The van der Waals surface area contributed by atoms with E-state index in [0.717, 1.165) is 12.2 Å². The van der Waals surface area contributed by atoms with Crippen LogP contribution in [-0.2, 0) is 13.5 Å². The van der Waals surface area contributed by atoms with Crippen molar-refractivity contribution in [2.24, 2.45) is 13.0 Å². The molecule has 0 bridgehead atoms. The Kier molecular flexibility index (Phi) is 4.50. The molecule has 1 rings (SSSR count). The van der Waals surface area contributed by atoms with Crippen LogP contribution in [-0.4, -0.2) is 33.6 Å². The molecule has 0 amide bonds. The lowest BCUT2D eigenvalue weighted by Gasteiger charge is -2.23. The van der Waals surface area contributed by atoms with Crippen LogP contribution in [0.4, 0.5) is 0 Å². The summed E-state index contributed by atoms with van der Waals surface area (Å²) in [5, 5.41) is 17.7. The summed E-state index contributed by atoms with van der Waals surface area (Å²) in [5.74, 6) is 0.602. The molecule has 0 aromatic carbocycles. The van der Waals surface area contributed by atoms with Gasteiger partial charge in [-0.3, -0.25) is 4.68 Å². The van der Waals surface area contributed by atoms with Gasteiger partial charge in [-0.05, 0) is 25.5 Å². The van der Waals surface area contributed by atoms with Gasteiger partial charge in [0, 0.05) is 26.2 Å². The fourth-order valence-electron chi connectivity index (χ4n) is 1.64. The molecule has 4 heteroatoms. The SMILES string of the molecule is CC(C)CNCC(C)(O)Cc1ccn(C)n1. The number of aliphatic hydroxyl groups is 1. The number of rotatable bonds is 6. The van der Waals surface area contributed by atoms with Crippen molar-refractivity contribution < 1.29 is 5.11 Å². The van der Waals surface area contributed by atoms with E-state index >= 15 is 0 Å². The summed E-state index contributed by atoms with van der Waals surface area (Å²) in [7, 11) is 1.88. The maximum absolute atomic E-state index is 10.2. The van der Waals surface area contributed by atoms with Gasteiger partial charge in [0.1, 0.15) is 0 Å². The summed E-state index contributed by atoms with van der Waals surface area (Å²) in [5.41, 5.74) is 0.197. The Balaban J connectivity index is 2.39. The third kappa shape index (κ3) is 4.77. The van der Waals surface area contributed by atoms with Crippen molar-refractivity contribution in [1.82, 2.24) is 15.1 Å². The Bertz CT molecular complexity index is 318. The highest BCUT2D eigenvalue weighted by Gasteiger charge is 2.21. The van der Waals surface area contributed by atoms with Gasteiger partial charge in [0.2, 0.25) is 0 Å². The molecule has 0 fully saturated rings. The minimum Gasteiger partial charge on any atom is -0.388 e. The summed E-state index contributed by atoms with van der Waals surface area (Å²) in [6, 6.07) is 1.94. The van der Waals surface area contributed by atoms with Gasteiger partial charge >= 0.3 is 0 Å². The lowest BCUT2D eigenvalue weighted by atomic mass is 10.00. The molecule has 0 aliphatic heterocycles. The monoisotopic (exact) mass is 225 g/mol. The predicted molar refractivity (Wildman–Crippen MR) is 65.2 cm³/mol. The minimum atomic E-state index is -0.733. The molecule has 0 spiro atoms. The molecule has 4 nitrogen and oxygen atoms in total. The third-order valence-electron chi connectivity index (χ3n) is 2.39. The highest BCUT2D eigenvalue weighted by Crippen LogP contribution is 2.10. The molecule has 0 aliphatic carbocycles. The van der Waals surface area contributed by atoms with Crippen LogP contribution < -0.4 is 5.32 Å². The number of hydrogen-bond acceptors (Lipinski definition) is 3. The van der Waals surface area contributed by atoms with E-state index in [9.17, 15) is 5.11 Å². The van der Waals surface area contributed by atoms with Crippen LogP contribution in [0.3, 0.4) is 0 Å². The van der Waals surface area contributed by atoms with Crippen molar-refractivity contribution >= 4 is 0 Å². The van der Waals surface area contributed by atoms with E-state index in [2.05, 4.69) is 24.3 Å². The van der Waals surface area contributed by atoms with Gasteiger partial charge in [-0.2, -0.15) is 5.10 Å². The molecule has 16 heavy (non-hydrogen) atoms. The van der Waals surface area contributed by atoms with Gasteiger partial charge in [0.05, 0.1) is 11.3 Å². The quantitative estimate of drug-likeness (QED) is 0.758. The first-order valence-electron chi connectivity index (χ1n) is 5.81. The van der Waals surface area contributed by atoms with Crippen LogP contribution >= 0.6 is 0 Å². The van der Waals surface area contributed by atoms with E-state index in [1.54, 1.807) is 4.68 Å². The summed E-state index contributed by atoms with van der Waals surface area (Å²) in [6.07, 6.45) is 2.48. The number of nitrogens with one attached hydrogen (secondary N) is 1. The Morgan fingerprint density at radius 2 is 2.25 bits per heavy atom. The molecule has 0 saturated carbocycles. The summed E-state index contributed by atoms with van der Waals surface area (Å²) >= 11 is 0. The zero-order chi connectivity index (χ0) is 12.2. The maximum atomic E-state index is 10.2. The van der Waals surface area contributed by atoms with Crippen LogP contribution in [0.1, 0.15) is 26.5 Å². The zero-order valence-corrected chi connectivity index (χ0v) is 10.7. The molecule has 92 valence electrons. The normalized spacial score (nSPS) is 15.4. The van der Waals surface area contributed by atoms with Gasteiger partial charge in [0.15, 0.2) is 0 Å². The largest absolute Gasteiger partial charge is 0.388 e. The molecule has 1 atom stereocenters. The standard InChI is InChI=1S/C12H23N3O/c1-10(2)8-13-9-12(3,16)7-11-5-6-15(4)14-11/h5-6,10,13,16H,7-9H2,1-4H3. The third-order valence-corrected chi connectivity index (χ3v) is 2.39. The molecule has 1 aromatic heterocycles. The second-order valence-corrected chi connectivity index (χ2v) is 5.18. The molecule has 0 aliphatic rings. The number of aryl methyl sites for hydroxylation is 1. The van der Waals surface area contributed by atoms with Gasteiger partial charge in [-0.25, -0.2) is 0 Å². The van der Waals surface area contributed by atoms with Crippen LogP contribution in [0.5, 0.6) is 0 Å². The van der Waals surface area contributed by atoms with Crippen LogP contribution in [0.25, 0.3) is 0 Å². The molecule has 0 radical (unpaired) electrons. The molecular formula is C12H23N3O. The Morgan fingerprint density at radius 1 is 1.56 bits per heavy atom. The van der Waals surface area contributed by atoms with E-state index in [1.165, 1.54) is 0 Å². The second-order valence-electron chi connectivity index (χ2n) is 5.18. The lowest BCUT2D eigenvalue weighted by Crippen LogP contribution is -2.41. The van der Waals surface area contributed by atoms with Crippen molar-refractivity contribution in [3.8, 4) is 0 Å². The fourth-order valence-corrected chi connectivity index (χ4v) is 1.64. The molecule has 1 aromatic rings. The van der Waals surface area contributed by atoms with Crippen molar-refractivity contribution in [2.45, 2.75) is 32.8 Å². The van der Waals surface area contributed by atoms with E-state index in [0.29, 0.717) is 18.9 Å². The molecule has 1 unspecified atom stereocenters. The lowest BCUT2D eigenvalue weighted by molar-refractivity contribution is 0.0585. The summed E-state index contributed by atoms with van der Waals surface area (Å²) in [4.78, 5) is 0. The van der Waals surface area contributed by atoms with E-state index in [-0.39, 0.29) is 0 Å². The summed E-state index contributed by atoms with van der Waals surface area (Å²) in [6.45, 7) is 7.68. The van der Waals surface area contributed by atoms with Crippen LogP contribution in [0.15, 0.2) is 12.3 Å². The van der Waals surface area contributed by atoms with Crippen molar-refractivity contribution in [3.05, 3.63) is 18.0 Å². The fraction of sp³-hybridized carbons (Fsp3) is 0.750. The highest BCUT2D eigenvalue weighted by atomic mass is 16.3. The Morgan fingerprint density at radius 3 is 2.75 bits per heavy atom. The topological polar surface area (TPSA) is 50.1 Å². The van der Waals surface area contributed by atoms with E-state index in [4.69, 9.17) is 0 Å². The first kappa shape index (κ1) is 13.2. The first-order valence-corrected chi connectivity index (χ1v) is 5.81. The van der Waals surface area contributed by atoms with Gasteiger partial charge in [-0.15, -0.1) is 0 Å². The number of aromatic nitrogens is 2. The predicted octanol–water partition coefficient (Wildman–Crippen LogP) is 0.959. The Labute approximate surface area is 97.7 Å². The van der Waals surface area contributed by atoms with Gasteiger partial charge in [0.25, 0.3) is 0 Å². The average Bonchev–Trinajstić information content (AvgIpc) is 2.48. The molecule has 2 N–H and O–H groups in total. The number of hydrogen-bond donors (Lipinski definition) is 2. The zero-order valence-electron chi connectivity index (χ0n) is 10.7. The van der Waals surface area contributed by atoms with E-state index < -0.39 is 5.60 Å². The van der Waals surface area contributed by atoms with Gasteiger partial charge < -0.3 is 10.4 Å². The highest BCUT2D eigenvalue weighted by molar-refractivity contribution is 5.03. The smallest absolute Gasteiger partial charge is 0.0799 e. The van der Waals surface area contributed by atoms with Crippen LogP contribution in [0.2, 0.25) is 0 Å². The maximum Gasteiger partial charge on any atom is 0.0799 e. The minimum absolute atomic E-state index is 0.582. The van der Waals surface area contributed by atoms with Gasteiger partial charge in [-0.1, -0.05) is 13.8 Å². The number of nitrogens with zero attached hydrogens (tertiary/aromatic N) is 2. The molecule has 1 heterocycles. The summed E-state index contributed by atoms with van der Waals surface area (Å²) < 4.78 is 1.76. The van der Waals surface area contributed by atoms with E-state index in [1.807, 2.05) is 26.2 Å². The Hall–Kier alpha value is -0.870. The first-order chi connectivity index (χ1) is 7.39. The molecule has 0 saturated heterocycles.